The first-order valence-electron chi connectivity index (χ1n) is 6.68. The number of nitrogens with one attached hydrogen (secondary N) is 3. The van der Waals surface area contributed by atoms with Gasteiger partial charge in [0.25, 0.3) is 0 Å². The van der Waals surface area contributed by atoms with E-state index in [1.807, 2.05) is 45.0 Å². The summed E-state index contributed by atoms with van der Waals surface area (Å²) >= 11 is 0. The van der Waals surface area contributed by atoms with Gasteiger partial charge in [-0.25, -0.2) is 4.79 Å². The van der Waals surface area contributed by atoms with Gasteiger partial charge in [0.2, 0.25) is 0 Å². The molecule has 0 heterocycles. The minimum Gasteiger partial charge on any atom is -0.333 e. The largest absolute Gasteiger partial charge is 0.333 e. The summed E-state index contributed by atoms with van der Waals surface area (Å²) < 4.78 is 0. The molecule has 2 amide bonds. The molecule has 0 saturated heterocycles. The number of carbonyl (C=O) groups is 1. The average molecular weight is 263 g/mol. The Kier molecular flexibility index (Phi) is 5.36. The second-order valence-electron chi connectivity index (χ2n) is 6.07. The molecule has 0 aliphatic rings. The van der Waals surface area contributed by atoms with Crippen LogP contribution in [0.3, 0.4) is 0 Å². The molecule has 0 unspecified atom stereocenters. The van der Waals surface area contributed by atoms with Gasteiger partial charge in [-0.05, 0) is 38.5 Å². The molecule has 4 nitrogen and oxygen atoms in total. The topological polar surface area (TPSA) is 53.2 Å². The summed E-state index contributed by atoms with van der Waals surface area (Å²) in [6, 6.07) is 8.13. The van der Waals surface area contributed by atoms with Crippen molar-refractivity contribution in [1.29, 1.82) is 0 Å². The number of hydrogen-bond acceptors (Lipinski definition) is 2. The Bertz CT molecular complexity index is 422. The zero-order valence-corrected chi connectivity index (χ0v) is 12.5. The maximum atomic E-state index is 11.8. The summed E-state index contributed by atoms with van der Waals surface area (Å²) in [6.45, 7) is 10.9. The maximum absolute atomic E-state index is 11.8. The van der Waals surface area contributed by atoms with Crippen LogP contribution < -0.4 is 16.0 Å². The van der Waals surface area contributed by atoms with E-state index in [9.17, 15) is 4.79 Å². The van der Waals surface area contributed by atoms with Crippen molar-refractivity contribution in [3.63, 3.8) is 0 Å². The predicted octanol–water partition coefficient (Wildman–Crippen LogP) is 3.10. The Morgan fingerprint density at radius 3 is 2.53 bits per heavy atom. The fourth-order valence-electron chi connectivity index (χ4n) is 1.58. The predicted molar refractivity (Wildman–Crippen MR) is 80.3 cm³/mol. The van der Waals surface area contributed by atoms with Gasteiger partial charge in [-0.15, -0.1) is 0 Å². The first-order valence-corrected chi connectivity index (χ1v) is 6.68. The Balaban J connectivity index is 2.59. The zero-order chi connectivity index (χ0) is 14.5. The minimum atomic E-state index is -0.235. The van der Waals surface area contributed by atoms with Crippen molar-refractivity contribution >= 4 is 11.7 Å². The molecule has 0 aliphatic heterocycles. The lowest BCUT2D eigenvalue weighted by molar-refractivity contribution is 0.244. The molecule has 0 fully saturated rings. The molecule has 19 heavy (non-hydrogen) atoms. The van der Waals surface area contributed by atoms with E-state index in [0.29, 0.717) is 6.04 Å². The normalized spacial score (nSPS) is 11.5. The summed E-state index contributed by atoms with van der Waals surface area (Å²) in [5.41, 5.74) is 1.73. The number of benzene rings is 1. The minimum absolute atomic E-state index is 0.179. The summed E-state index contributed by atoms with van der Waals surface area (Å²) in [6.07, 6.45) is 0. The number of amides is 2. The van der Waals surface area contributed by atoms with Crippen LogP contribution in [0.1, 0.15) is 40.2 Å². The molecule has 0 aliphatic carbocycles. The van der Waals surface area contributed by atoms with Gasteiger partial charge in [0, 0.05) is 23.8 Å². The highest BCUT2D eigenvalue weighted by Crippen LogP contribution is 2.11. The van der Waals surface area contributed by atoms with E-state index in [-0.39, 0.29) is 11.6 Å². The van der Waals surface area contributed by atoms with Crippen molar-refractivity contribution in [1.82, 2.24) is 10.6 Å². The second kappa shape index (κ2) is 6.57. The number of anilines is 1. The van der Waals surface area contributed by atoms with Crippen LogP contribution in [0.5, 0.6) is 0 Å². The van der Waals surface area contributed by atoms with Gasteiger partial charge < -0.3 is 16.0 Å². The van der Waals surface area contributed by atoms with E-state index in [4.69, 9.17) is 0 Å². The summed E-state index contributed by atoms with van der Waals surface area (Å²) in [5, 5.41) is 9.07. The quantitative estimate of drug-likeness (QED) is 0.782. The van der Waals surface area contributed by atoms with Crippen LogP contribution in [0.2, 0.25) is 0 Å². The molecule has 1 rings (SSSR count). The molecule has 3 N–H and O–H groups in total. The van der Waals surface area contributed by atoms with Crippen molar-refractivity contribution < 1.29 is 4.79 Å². The Morgan fingerprint density at radius 1 is 1.26 bits per heavy atom. The van der Waals surface area contributed by atoms with Crippen LogP contribution in [0.25, 0.3) is 0 Å². The fourth-order valence-corrected chi connectivity index (χ4v) is 1.58. The molecule has 0 aromatic heterocycles. The molecule has 1 aromatic carbocycles. The van der Waals surface area contributed by atoms with E-state index >= 15 is 0 Å². The van der Waals surface area contributed by atoms with Crippen molar-refractivity contribution in [2.24, 2.45) is 0 Å². The van der Waals surface area contributed by atoms with Gasteiger partial charge in [0.15, 0.2) is 0 Å². The highest BCUT2D eigenvalue weighted by Gasteiger charge is 2.13. The molecule has 0 atom stereocenters. The third-order valence-electron chi connectivity index (χ3n) is 2.39. The van der Waals surface area contributed by atoms with E-state index in [0.717, 1.165) is 17.8 Å². The van der Waals surface area contributed by atoms with E-state index in [1.165, 1.54) is 0 Å². The molecule has 1 aromatic rings. The van der Waals surface area contributed by atoms with Crippen molar-refractivity contribution in [3.05, 3.63) is 29.8 Å². The number of urea groups is 1. The van der Waals surface area contributed by atoms with Gasteiger partial charge in [-0.2, -0.15) is 0 Å². The van der Waals surface area contributed by atoms with Crippen LogP contribution in [-0.2, 0) is 6.54 Å². The summed E-state index contributed by atoms with van der Waals surface area (Å²) in [4.78, 5) is 11.8. The van der Waals surface area contributed by atoms with Crippen LogP contribution in [0.4, 0.5) is 10.5 Å². The average Bonchev–Trinajstić information content (AvgIpc) is 2.24. The highest BCUT2D eigenvalue weighted by molar-refractivity contribution is 5.89. The second-order valence-corrected chi connectivity index (χ2v) is 6.07. The number of hydrogen-bond donors (Lipinski definition) is 3. The third-order valence-corrected chi connectivity index (χ3v) is 2.39. The van der Waals surface area contributed by atoms with Gasteiger partial charge in [0.05, 0.1) is 0 Å². The summed E-state index contributed by atoms with van der Waals surface area (Å²) in [7, 11) is 0. The zero-order valence-electron chi connectivity index (χ0n) is 12.5. The summed E-state index contributed by atoms with van der Waals surface area (Å²) in [5.74, 6) is 0. The molecular formula is C15H25N3O. The van der Waals surface area contributed by atoms with Gasteiger partial charge in [0.1, 0.15) is 0 Å². The SMILES string of the molecule is CC(C)NCc1cccc(NC(=O)NC(C)(C)C)c1. The van der Waals surface area contributed by atoms with Crippen molar-refractivity contribution in [2.75, 3.05) is 5.32 Å². The molecule has 4 heteroatoms. The lowest BCUT2D eigenvalue weighted by atomic mass is 10.1. The van der Waals surface area contributed by atoms with E-state index < -0.39 is 0 Å². The van der Waals surface area contributed by atoms with Gasteiger partial charge in [-0.1, -0.05) is 26.0 Å². The molecule has 0 saturated carbocycles. The van der Waals surface area contributed by atoms with Crippen LogP contribution >= 0.6 is 0 Å². The van der Waals surface area contributed by atoms with E-state index in [1.54, 1.807) is 0 Å². The van der Waals surface area contributed by atoms with Crippen molar-refractivity contribution in [3.8, 4) is 0 Å². The molecule has 0 bridgehead atoms. The first-order chi connectivity index (χ1) is 8.76. The molecule has 106 valence electrons. The van der Waals surface area contributed by atoms with Crippen molar-refractivity contribution in [2.45, 2.75) is 52.7 Å². The smallest absolute Gasteiger partial charge is 0.319 e. The Morgan fingerprint density at radius 2 is 1.95 bits per heavy atom. The Hall–Kier alpha value is -1.55. The standard InChI is InChI=1S/C15H25N3O/c1-11(2)16-10-12-7-6-8-13(9-12)17-14(19)18-15(3,4)5/h6-9,11,16H,10H2,1-5H3,(H2,17,18,19). The Labute approximate surface area is 116 Å². The first kappa shape index (κ1) is 15.5. The maximum Gasteiger partial charge on any atom is 0.319 e. The van der Waals surface area contributed by atoms with Gasteiger partial charge in [-0.3, -0.25) is 0 Å². The molecule has 0 spiro atoms. The lowest BCUT2D eigenvalue weighted by Gasteiger charge is -2.21. The third kappa shape index (κ3) is 6.82. The lowest BCUT2D eigenvalue weighted by Crippen LogP contribution is -2.43. The van der Waals surface area contributed by atoms with E-state index in [2.05, 4.69) is 29.8 Å². The number of rotatable bonds is 4. The highest BCUT2D eigenvalue weighted by atomic mass is 16.2. The fraction of sp³-hybridized carbons (Fsp3) is 0.533. The molecule has 0 radical (unpaired) electrons. The van der Waals surface area contributed by atoms with Crippen LogP contribution in [0.15, 0.2) is 24.3 Å². The van der Waals surface area contributed by atoms with Crippen LogP contribution in [0, 0.1) is 0 Å². The monoisotopic (exact) mass is 263 g/mol. The molecular weight excluding hydrogens is 238 g/mol. The number of carbonyl (C=O) groups excluding carboxylic acids is 1. The van der Waals surface area contributed by atoms with Gasteiger partial charge >= 0.3 is 6.03 Å². The van der Waals surface area contributed by atoms with Crippen LogP contribution in [-0.4, -0.2) is 17.6 Å².